The average Bonchev–Trinajstić information content (AvgIpc) is 2.90. The lowest BCUT2D eigenvalue weighted by molar-refractivity contribution is -0.384. The summed E-state index contributed by atoms with van der Waals surface area (Å²) in [4.78, 5) is 22.7. The lowest BCUT2D eigenvalue weighted by Crippen LogP contribution is -2.19. The number of hydrogen-bond acceptors (Lipinski definition) is 5. The molecule has 0 bridgehead atoms. The van der Waals surface area contributed by atoms with Gasteiger partial charge in [0.25, 0.3) is 0 Å². The van der Waals surface area contributed by atoms with Crippen LogP contribution in [0.3, 0.4) is 0 Å². The molecule has 21 heavy (non-hydrogen) atoms. The van der Waals surface area contributed by atoms with Gasteiger partial charge in [-0.1, -0.05) is 12.1 Å². The second-order valence-corrected chi connectivity index (χ2v) is 5.63. The average molecular weight is 306 g/mol. The van der Waals surface area contributed by atoms with Gasteiger partial charge < -0.3 is 10.4 Å². The summed E-state index contributed by atoms with van der Waals surface area (Å²) in [6.07, 6.45) is 0.714. The van der Waals surface area contributed by atoms with Crippen molar-refractivity contribution in [2.24, 2.45) is 0 Å². The molecule has 6 nitrogen and oxygen atoms in total. The van der Waals surface area contributed by atoms with Gasteiger partial charge >= 0.3 is 11.7 Å². The topological polar surface area (TPSA) is 92.5 Å². The van der Waals surface area contributed by atoms with Crippen LogP contribution in [0.5, 0.6) is 0 Å². The van der Waals surface area contributed by atoms with Crippen molar-refractivity contribution >= 4 is 28.7 Å². The first-order chi connectivity index (χ1) is 9.99. The van der Waals surface area contributed by atoms with E-state index in [1.54, 1.807) is 11.3 Å². The maximum absolute atomic E-state index is 11.1. The molecule has 2 rings (SSSR count). The maximum atomic E-state index is 11.1. The quantitative estimate of drug-likeness (QED) is 0.630. The number of anilines is 1. The molecule has 1 atom stereocenters. The van der Waals surface area contributed by atoms with Crippen LogP contribution >= 0.6 is 11.3 Å². The fourth-order valence-corrected chi connectivity index (χ4v) is 2.91. The number of rotatable bonds is 6. The molecule has 1 aromatic heterocycles. The van der Waals surface area contributed by atoms with E-state index in [4.69, 9.17) is 5.11 Å². The predicted molar refractivity (Wildman–Crippen MR) is 81.2 cm³/mol. The molecule has 1 heterocycles. The van der Waals surface area contributed by atoms with Crippen LogP contribution < -0.4 is 5.32 Å². The van der Waals surface area contributed by atoms with E-state index < -0.39 is 16.6 Å². The zero-order valence-corrected chi connectivity index (χ0v) is 12.1. The number of benzene rings is 1. The van der Waals surface area contributed by atoms with E-state index in [1.807, 2.05) is 24.4 Å². The molecular weight excluding hydrogens is 292 g/mol. The third-order valence-corrected chi connectivity index (χ3v) is 3.84. The zero-order valence-electron chi connectivity index (χ0n) is 11.3. The lowest BCUT2D eigenvalue weighted by Gasteiger charge is -2.15. The van der Waals surface area contributed by atoms with Crippen molar-refractivity contribution in [1.29, 1.82) is 0 Å². The molecule has 1 aromatic carbocycles. The molecule has 7 heteroatoms. The highest BCUT2D eigenvalue weighted by Gasteiger charge is 2.24. The molecule has 0 spiro atoms. The van der Waals surface area contributed by atoms with Gasteiger partial charge in [0.1, 0.15) is 11.3 Å². The van der Waals surface area contributed by atoms with Gasteiger partial charge in [-0.25, -0.2) is 4.79 Å². The number of nitrogens with one attached hydrogen (secondary N) is 1. The number of para-hydroxylation sites is 1. The number of nitrogens with zero attached hydrogens (tertiary/aromatic N) is 1. The second kappa shape index (κ2) is 6.36. The Labute approximate surface area is 125 Å². The van der Waals surface area contributed by atoms with Crippen molar-refractivity contribution < 1.29 is 14.8 Å². The predicted octanol–water partition coefficient (Wildman–Crippen LogP) is 3.40. The first-order valence-electron chi connectivity index (χ1n) is 6.28. The summed E-state index contributed by atoms with van der Waals surface area (Å²) in [5, 5.41) is 25.2. The number of thiophene rings is 1. The van der Waals surface area contributed by atoms with Crippen LogP contribution in [0, 0.1) is 10.1 Å². The summed E-state index contributed by atoms with van der Waals surface area (Å²) < 4.78 is 0. The van der Waals surface area contributed by atoms with E-state index >= 15 is 0 Å². The van der Waals surface area contributed by atoms with Gasteiger partial charge in [0.05, 0.1) is 4.92 Å². The van der Waals surface area contributed by atoms with Crippen molar-refractivity contribution in [3.8, 4) is 0 Å². The Morgan fingerprint density at radius 1 is 1.43 bits per heavy atom. The van der Waals surface area contributed by atoms with E-state index in [2.05, 4.69) is 5.32 Å². The Morgan fingerprint density at radius 2 is 2.19 bits per heavy atom. The third kappa shape index (κ3) is 3.57. The molecule has 110 valence electrons. The summed E-state index contributed by atoms with van der Waals surface area (Å²) in [7, 11) is 0. The Kier molecular flexibility index (Phi) is 4.54. The highest BCUT2D eigenvalue weighted by Crippen LogP contribution is 2.29. The molecule has 0 fully saturated rings. The second-order valence-electron chi connectivity index (χ2n) is 4.59. The standard InChI is InChI=1S/C14H14N2O4S/c1-9(8-10-4-3-7-21-10)15-12-6-2-5-11(14(17)18)13(12)16(19)20/h2-7,9,15H,8H2,1H3,(H,17,18). The highest BCUT2D eigenvalue weighted by atomic mass is 32.1. The van der Waals surface area contributed by atoms with E-state index in [-0.39, 0.29) is 17.3 Å². The normalized spacial score (nSPS) is 11.9. The van der Waals surface area contributed by atoms with E-state index in [0.717, 1.165) is 4.88 Å². The van der Waals surface area contributed by atoms with Crippen LogP contribution in [0.4, 0.5) is 11.4 Å². The zero-order chi connectivity index (χ0) is 15.4. The molecule has 2 aromatic rings. The molecule has 0 saturated heterocycles. The molecule has 0 aliphatic carbocycles. The van der Waals surface area contributed by atoms with Crippen molar-refractivity contribution in [1.82, 2.24) is 0 Å². The fourth-order valence-electron chi connectivity index (χ4n) is 2.08. The Bertz CT molecular complexity index is 655. The van der Waals surface area contributed by atoms with E-state index in [9.17, 15) is 14.9 Å². The smallest absolute Gasteiger partial charge is 0.342 e. The van der Waals surface area contributed by atoms with Gasteiger partial charge in [0.15, 0.2) is 0 Å². The Morgan fingerprint density at radius 3 is 2.76 bits per heavy atom. The Hall–Kier alpha value is -2.41. The van der Waals surface area contributed by atoms with Gasteiger partial charge in [-0.3, -0.25) is 10.1 Å². The fraction of sp³-hybridized carbons (Fsp3) is 0.214. The molecule has 0 amide bonds. The van der Waals surface area contributed by atoms with Gasteiger partial charge in [0.2, 0.25) is 0 Å². The number of carbonyl (C=O) groups is 1. The summed E-state index contributed by atoms with van der Waals surface area (Å²) >= 11 is 1.61. The molecular formula is C14H14N2O4S. The minimum absolute atomic E-state index is 0.0496. The monoisotopic (exact) mass is 306 g/mol. The van der Waals surface area contributed by atoms with Gasteiger partial charge in [0, 0.05) is 17.3 Å². The van der Waals surface area contributed by atoms with Gasteiger partial charge in [-0.2, -0.15) is 0 Å². The molecule has 1 unspecified atom stereocenters. The van der Waals surface area contributed by atoms with Crippen LogP contribution in [0.15, 0.2) is 35.7 Å². The number of nitro benzene ring substituents is 1. The van der Waals surface area contributed by atoms with Crippen molar-refractivity contribution in [2.45, 2.75) is 19.4 Å². The summed E-state index contributed by atoms with van der Waals surface area (Å²) in [5.41, 5.74) is -0.486. The number of carboxylic acid groups (broad SMARTS) is 1. The molecule has 2 N–H and O–H groups in total. The third-order valence-electron chi connectivity index (χ3n) is 2.94. The minimum Gasteiger partial charge on any atom is -0.477 e. The van der Waals surface area contributed by atoms with Crippen molar-refractivity contribution in [2.75, 3.05) is 5.32 Å². The van der Waals surface area contributed by atoms with Crippen LogP contribution in [-0.4, -0.2) is 22.0 Å². The van der Waals surface area contributed by atoms with Crippen LogP contribution in [0.1, 0.15) is 22.2 Å². The highest BCUT2D eigenvalue weighted by molar-refractivity contribution is 7.09. The first-order valence-corrected chi connectivity index (χ1v) is 7.16. The molecule has 0 aliphatic rings. The number of nitro groups is 1. The van der Waals surface area contributed by atoms with Crippen molar-refractivity contribution in [3.05, 3.63) is 56.3 Å². The van der Waals surface area contributed by atoms with Crippen LogP contribution in [0.2, 0.25) is 0 Å². The summed E-state index contributed by atoms with van der Waals surface area (Å²) in [5.74, 6) is -1.31. The summed E-state index contributed by atoms with van der Waals surface area (Å²) in [6.45, 7) is 1.90. The van der Waals surface area contributed by atoms with Crippen LogP contribution in [-0.2, 0) is 6.42 Å². The van der Waals surface area contributed by atoms with Gasteiger partial charge in [-0.05, 0) is 30.5 Å². The van der Waals surface area contributed by atoms with E-state index in [0.29, 0.717) is 6.42 Å². The first kappa shape index (κ1) is 15.0. The van der Waals surface area contributed by atoms with Crippen molar-refractivity contribution in [3.63, 3.8) is 0 Å². The van der Waals surface area contributed by atoms with Crippen LogP contribution in [0.25, 0.3) is 0 Å². The number of hydrogen-bond donors (Lipinski definition) is 2. The minimum atomic E-state index is -1.31. The molecule has 0 radical (unpaired) electrons. The SMILES string of the molecule is CC(Cc1cccs1)Nc1cccc(C(=O)O)c1[N+](=O)[O-]. The maximum Gasteiger partial charge on any atom is 0.342 e. The Balaban J connectivity index is 2.25. The summed E-state index contributed by atoms with van der Waals surface area (Å²) in [6, 6.07) is 8.14. The van der Waals surface area contributed by atoms with Gasteiger partial charge in [-0.15, -0.1) is 11.3 Å². The molecule has 0 saturated carbocycles. The number of carboxylic acids is 1. The lowest BCUT2D eigenvalue weighted by atomic mass is 10.1. The van der Waals surface area contributed by atoms with E-state index in [1.165, 1.54) is 18.2 Å². The molecule has 0 aliphatic heterocycles. The number of aromatic carboxylic acids is 1. The largest absolute Gasteiger partial charge is 0.477 e.